The Morgan fingerprint density at radius 2 is 1.44 bits per heavy atom. The minimum Gasteiger partial charge on any atom is -0.358 e. The number of hydrogen-bond acceptors (Lipinski definition) is 5. The largest absolute Gasteiger partial charge is 0.358 e. The molecule has 8 heteroatoms. The van der Waals surface area contributed by atoms with Gasteiger partial charge in [-0.05, 0) is 25.7 Å². The molecule has 1 heterocycles. The van der Waals surface area contributed by atoms with Gasteiger partial charge < -0.3 is 15.5 Å². The summed E-state index contributed by atoms with van der Waals surface area (Å²) in [4.78, 5) is 48.1. The van der Waals surface area contributed by atoms with Crippen molar-refractivity contribution in [2.24, 2.45) is 5.92 Å². The molecule has 1 aliphatic heterocycles. The quantitative estimate of drug-likeness (QED) is 0.474. The Morgan fingerprint density at radius 3 is 1.88 bits per heavy atom. The molecule has 1 aliphatic carbocycles. The summed E-state index contributed by atoms with van der Waals surface area (Å²) in [6.45, 7) is 4.51. The van der Waals surface area contributed by atoms with Crippen LogP contribution >= 0.6 is 11.8 Å². The molecular formula is C26H47N3O4S. The van der Waals surface area contributed by atoms with Gasteiger partial charge in [0.05, 0.1) is 17.5 Å². The Morgan fingerprint density at radius 1 is 0.941 bits per heavy atom. The first-order chi connectivity index (χ1) is 16.4. The van der Waals surface area contributed by atoms with Gasteiger partial charge in [0.25, 0.3) is 0 Å². The van der Waals surface area contributed by atoms with Gasteiger partial charge in [-0.15, -0.1) is 11.8 Å². The van der Waals surface area contributed by atoms with Crippen LogP contribution in [-0.4, -0.2) is 66.1 Å². The van der Waals surface area contributed by atoms with Gasteiger partial charge in [-0.3, -0.25) is 19.2 Å². The molecule has 0 aromatic heterocycles. The van der Waals surface area contributed by atoms with Crippen molar-refractivity contribution >= 4 is 35.3 Å². The van der Waals surface area contributed by atoms with E-state index in [0.717, 1.165) is 0 Å². The first kappa shape index (κ1) is 30.5. The second kappa shape index (κ2) is 18.7. The highest BCUT2D eigenvalue weighted by Crippen LogP contribution is 2.24. The van der Waals surface area contributed by atoms with E-state index in [4.69, 9.17) is 0 Å². The van der Waals surface area contributed by atoms with E-state index in [2.05, 4.69) is 10.6 Å². The summed E-state index contributed by atoms with van der Waals surface area (Å²) < 4.78 is 0. The summed E-state index contributed by atoms with van der Waals surface area (Å²) in [6.07, 6.45) is 16.8. The molecule has 34 heavy (non-hydrogen) atoms. The highest BCUT2D eigenvalue weighted by Gasteiger charge is 2.35. The number of nitrogens with zero attached hydrogens (tertiary/aromatic N) is 1. The molecule has 1 unspecified atom stereocenters. The first-order valence-electron chi connectivity index (χ1n) is 13.2. The minimum absolute atomic E-state index is 0.0212. The normalized spacial score (nSPS) is 20.0. The van der Waals surface area contributed by atoms with E-state index in [0.29, 0.717) is 32.4 Å². The van der Waals surface area contributed by atoms with Gasteiger partial charge in [0, 0.05) is 26.6 Å². The van der Waals surface area contributed by atoms with Crippen LogP contribution in [-0.2, 0) is 19.2 Å². The molecule has 7 nitrogen and oxygen atoms in total. The van der Waals surface area contributed by atoms with Crippen LogP contribution in [0.5, 0.6) is 0 Å². The van der Waals surface area contributed by atoms with Crippen molar-refractivity contribution in [1.29, 1.82) is 0 Å². The number of rotatable bonds is 10. The fourth-order valence-electron chi connectivity index (χ4n) is 4.57. The van der Waals surface area contributed by atoms with Gasteiger partial charge in [0.15, 0.2) is 5.78 Å². The lowest BCUT2D eigenvalue weighted by Gasteiger charge is -2.25. The third-order valence-electron chi connectivity index (χ3n) is 6.59. The van der Waals surface area contributed by atoms with Gasteiger partial charge in [-0.1, -0.05) is 71.1 Å². The van der Waals surface area contributed by atoms with Crippen LogP contribution in [0.4, 0.5) is 0 Å². The zero-order valence-electron chi connectivity index (χ0n) is 21.7. The number of Topliss-reactive ketones (excluding diaryl/α,β-unsaturated/α-hetero) is 1. The predicted octanol–water partition coefficient (Wildman–Crippen LogP) is 4.09. The molecular weight excluding hydrogens is 450 g/mol. The molecule has 196 valence electrons. The molecule has 1 saturated carbocycles. The molecule has 2 fully saturated rings. The van der Waals surface area contributed by atoms with E-state index in [1.54, 1.807) is 11.9 Å². The zero-order chi connectivity index (χ0) is 25.2. The molecule has 0 aromatic rings. The molecule has 3 amide bonds. The third-order valence-corrected chi connectivity index (χ3v) is 7.52. The maximum Gasteiger partial charge on any atom is 0.230 e. The van der Waals surface area contributed by atoms with Gasteiger partial charge in [0.1, 0.15) is 0 Å². The number of likely N-dealkylation sites (tertiary alicyclic amines) is 1. The summed E-state index contributed by atoms with van der Waals surface area (Å²) in [5.74, 6) is 0.505. The van der Waals surface area contributed by atoms with Crippen LogP contribution in [0, 0.1) is 5.92 Å². The van der Waals surface area contributed by atoms with Gasteiger partial charge in [-0.2, -0.15) is 0 Å². The molecule has 0 bridgehead atoms. The lowest BCUT2D eigenvalue weighted by atomic mass is 10.0. The van der Waals surface area contributed by atoms with Crippen molar-refractivity contribution in [3.8, 4) is 0 Å². The fraction of sp³-hybridized carbons (Fsp3) is 0.846. The van der Waals surface area contributed by atoms with Crippen molar-refractivity contribution < 1.29 is 19.2 Å². The Kier molecular flexibility index (Phi) is 16.8. The van der Waals surface area contributed by atoms with Gasteiger partial charge in [0.2, 0.25) is 17.7 Å². The SMILES string of the molecule is C1CCCCCCCCC1.CC[C@@H](C(C)=O)N1CC(CCNC(=O)CSCC(=O)NC)CC1=O. The number of hydrogen-bond donors (Lipinski definition) is 2. The average molecular weight is 498 g/mol. The smallest absolute Gasteiger partial charge is 0.230 e. The molecule has 2 rings (SSSR count). The van der Waals surface area contributed by atoms with Crippen molar-refractivity contribution in [1.82, 2.24) is 15.5 Å². The van der Waals surface area contributed by atoms with E-state index >= 15 is 0 Å². The van der Waals surface area contributed by atoms with Gasteiger partial charge in [-0.25, -0.2) is 0 Å². The van der Waals surface area contributed by atoms with Crippen LogP contribution < -0.4 is 10.6 Å². The number of amides is 3. The van der Waals surface area contributed by atoms with E-state index in [9.17, 15) is 19.2 Å². The maximum atomic E-state index is 12.1. The number of carbonyl (C=O) groups excluding carboxylic acids is 4. The molecule has 2 N–H and O–H groups in total. The highest BCUT2D eigenvalue weighted by molar-refractivity contribution is 8.00. The first-order valence-corrected chi connectivity index (χ1v) is 14.4. The van der Waals surface area contributed by atoms with Crippen LogP contribution in [0.25, 0.3) is 0 Å². The monoisotopic (exact) mass is 497 g/mol. The van der Waals surface area contributed by atoms with Crippen molar-refractivity contribution in [2.75, 3.05) is 31.6 Å². The highest BCUT2D eigenvalue weighted by atomic mass is 32.2. The number of nitrogens with one attached hydrogen (secondary N) is 2. The van der Waals surface area contributed by atoms with E-state index < -0.39 is 0 Å². The van der Waals surface area contributed by atoms with E-state index in [1.165, 1.54) is 82.9 Å². The average Bonchev–Trinajstić information content (AvgIpc) is 3.18. The Bertz CT molecular complexity index is 596. The van der Waals surface area contributed by atoms with Crippen molar-refractivity contribution in [3.63, 3.8) is 0 Å². The summed E-state index contributed by atoms with van der Waals surface area (Å²) in [6, 6.07) is -0.321. The third kappa shape index (κ3) is 13.4. The Hall–Kier alpha value is -1.57. The number of ketones is 1. The Labute approximate surface area is 210 Å². The second-order valence-corrected chi connectivity index (χ2v) is 10.5. The topological polar surface area (TPSA) is 95.6 Å². The summed E-state index contributed by atoms with van der Waals surface area (Å²) in [5, 5.41) is 5.31. The lowest BCUT2D eigenvalue weighted by Crippen LogP contribution is -2.40. The molecule has 2 aliphatic rings. The number of thioether (sulfide) groups is 1. The summed E-state index contributed by atoms with van der Waals surface area (Å²) >= 11 is 1.26. The molecule has 0 radical (unpaired) electrons. The van der Waals surface area contributed by atoms with E-state index in [1.807, 2.05) is 6.92 Å². The Balaban J connectivity index is 0.000000479. The summed E-state index contributed by atoms with van der Waals surface area (Å²) in [5.41, 5.74) is 0. The maximum absolute atomic E-state index is 12.1. The van der Waals surface area contributed by atoms with Gasteiger partial charge >= 0.3 is 0 Å². The number of carbonyl (C=O) groups is 4. The molecule has 0 aromatic carbocycles. The lowest BCUT2D eigenvalue weighted by molar-refractivity contribution is -0.135. The standard InChI is InChI=1S/C16H27N3O4S.C10H20/c1-4-13(11(2)20)19-8-12(7-16(19)23)5-6-18-15(22)10-24-9-14(21)17-3;1-2-4-6-8-10-9-7-5-3-1/h12-13H,4-10H2,1-3H3,(H,17,21)(H,18,22);1-10H2/t12?,13-;/m0./s1. The molecule has 2 atom stereocenters. The van der Waals surface area contributed by atoms with Crippen LogP contribution in [0.1, 0.15) is 97.3 Å². The predicted molar refractivity (Wildman–Crippen MR) is 140 cm³/mol. The molecule has 1 saturated heterocycles. The van der Waals surface area contributed by atoms with Crippen molar-refractivity contribution in [3.05, 3.63) is 0 Å². The minimum atomic E-state index is -0.321. The summed E-state index contributed by atoms with van der Waals surface area (Å²) in [7, 11) is 1.56. The van der Waals surface area contributed by atoms with Crippen LogP contribution in [0.15, 0.2) is 0 Å². The van der Waals surface area contributed by atoms with E-state index in [-0.39, 0.29) is 47.0 Å². The molecule has 0 spiro atoms. The second-order valence-electron chi connectivity index (χ2n) is 9.49. The van der Waals surface area contributed by atoms with Crippen LogP contribution in [0.3, 0.4) is 0 Å². The fourth-order valence-corrected chi connectivity index (χ4v) is 5.29. The van der Waals surface area contributed by atoms with Crippen LogP contribution in [0.2, 0.25) is 0 Å². The zero-order valence-corrected chi connectivity index (χ0v) is 22.5. The van der Waals surface area contributed by atoms with Crippen molar-refractivity contribution in [2.45, 2.75) is 103 Å².